The lowest BCUT2D eigenvalue weighted by atomic mass is 10.1. The van der Waals surface area contributed by atoms with Gasteiger partial charge in [-0.25, -0.2) is 0 Å². The number of nitrogens with one attached hydrogen (secondary N) is 1. The normalized spacial score (nSPS) is 12.1. The van der Waals surface area contributed by atoms with Crippen LogP contribution in [0.25, 0.3) is 0 Å². The summed E-state index contributed by atoms with van der Waals surface area (Å²) < 4.78 is 5.68. The minimum absolute atomic E-state index is 0.497. The van der Waals surface area contributed by atoms with E-state index >= 15 is 0 Å². The Bertz CT molecular complexity index is 560. The lowest BCUT2D eigenvalue weighted by Crippen LogP contribution is -2.26. The van der Waals surface area contributed by atoms with Gasteiger partial charge in [0.2, 0.25) is 0 Å². The van der Waals surface area contributed by atoms with E-state index in [9.17, 15) is 5.11 Å². The van der Waals surface area contributed by atoms with Crippen LogP contribution in [0.5, 0.6) is 5.75 Å². The molecule has 1 atom stereocenters. The van der Waals surface area contributed by atoms with E-state index < -0.39 is 6.10 Å². The summed E-state index contributed by atoms with van der Waals surface area (Å²) in [5.41, 5.74) is 1.94. The number of ether oxygens (including phenoxy) is 1. The van der Waals surface area contributed by atoms with E-state index in [-0.39, 0.29) is 0 Å². The Morgan fingerprint density at radius 3 is 2.67 bits per heavy atom. The first-order chi connectivity index (χ1) is 10.2. The van der Waals surface area contributed by atoms with Gasteiger partial charge in [-0.1, -0.05) is 41.9 Å². The van der Waals surface area contributed by atoms with Crippen LogP contribution in [-0.2, 0) is 0 Å². The molecule has 21 heavy (non-hydrogen) atoms. The van der Waals surface area contributed by atoms with E-state index in [1.807, 2.05) is 55.5 Å². The van der Waals surface area contributed by atoms with Crippen molar-refractivity contribution in [2.24, 2.45) is 0 Å². The Labute approximate surface area is 130 Å². The first-order valence-electron chi connectivity index (χ1n) is 6.99. The zero-order chi connectivity index (χ0) is 15.1. The van der Waals surface area contributed by atoms with Crippen LogP contribution < -0.4 is 10.1 Å². The summed E-state index contributed by atoms with van der Waals surface area (Å²) in [6.45, 7) is 3.69. The van der Waals surface area contributed by atoms with Crippen molar-refractivity contribution < 1.29 is 9.84 Å². The summed E-state index contributed by atoms with van der Waals surface area (Å²) >= 11 is 5.90. The summed E-state index contributed by atoms with van der Waals surface area (Å²) in [6, 6.07) is 15.2. The van der Waals surface area contributed by atoms with Gasteiger partial charge in [0.05, 0.1) is 6.10 Å². The monoisotopic (exact) mass is 305 g/mol. The average molecular weight is 306 g/mol. The summed E-state index contributed by atoms with van der Waals surface area (Å²) in [5.74, 6) is 0.838. The summed E-state index contributed by atoms with van der Waals surface area (Å²) in [7, 11) is 0. The van der Waals surface area contributed by atoms with Crippen LogP contribution in [0.4, 0.5) is 0 Å². The topological polar surface area (TPSA) is 41.5 Å². The lowest BCUT2D eigenvalue weighted by Gasteiger charge is -2.13. The van der Waals surface area contributed by atoms with Crippen molar-refractivity contribution in [3.8, 4) is 5.75 Å². The summed E-state index contributed by atoms with van der Waals surface area (Å²) in [5, 5.41) is 13.9. The van der Waals surface area contributed by atoms with Gasteiger partial charge in [-0.2, -0.15) is 0 Å². The molecule has 112 valence electrons. The van der Waals surface area contributed by atoms with Gasteiger partial charge in [0.1, 0.15) is 12.4 Å². The molecule has 3 nitrogen and oxygen atoms in total. The van der Waals surface area contributed by atoms with E-state index in [4.69, 9.17) is 16.3 Å². The highest BCUT2D eigenvalue weighted by atomic mass is 35.5. The molecule has 4 heteroatoms. The molecule has 2 aromatic rings. The molecule has 0 aliphatic rings. The van der Waals surface area contributed by atoms with Crippen LogP contribution in [0.3, 0.4) is 0 Å². The number of rotatable bonds is 7. The number of aliphatic hydroxyl groups excluding tert-OH is 1. The number of aliphatic hydroxyl groups is 1. The molecule has 0 saturated heterocycles. The molecule has 0 saturated carbocycles. The fourth-order valence-electron chi connectivity index (χ4n) is 2.04. The standard InChI is InChI=1S/C17H20ClNO2/c1-13-11-15(18)7-8-17(13)21-10-9-19-12-16(20)14-5-3-2-4-6-14/h2-8,11,16,19-20H,9-10,12H2,1H3/t16-/m1/s1. The summed E-state index contributed by atoms with van der Waals surface area (Å²) in [6.07, 6.45) is -0.497. The van der Waals surface area contributed by atoms with Crippen molar-refractivity contribution in [1.29, 1.82) is 0 Å². The number of hydrogen-bond donors (Lipinski definition) is 2. The second-order valence-corrected chi connectivity index (χ2v) is 5.33. The highest BCUT2D eigenvalue weighted by Gasteiger charge is 2.05. The Hall–Kier alpha value is -1.55. The van der Waals surface area contributed by atoms with Gasteiger partial charge in [-0.15, -0.1) is 0 Å². The predicted octanol–water partition coefficient (Wildman–Crippen LogP) is 3.35. The van der Waals surface area contributed by atoms with Gasteiger partial charge < -0.3 is 15.2 Å². The van der Waals surface area contributed by atoms with Crippen LogP contribution in [-0.4, -0.2) is 24.8 Å². The van der Waals surface area contributed by atoms with Crippen molar-refractivity contribution in [2.45, 2.75) is 13.0 Å². The fourth-order valence-corrected chi connectivity index (χ4v) is 2.27. The summed E-state index contributed by atoms with van der Waals surface area (Å²) in [4.78, 5) is 0. The van der Waals surface area contributed by atoms with Crippen LogP contribution in [0.1, 0.15) is 17.2 Å². The minimum atomic E-state index is -0.497. The molecular formula is C17H20ClNO2. The van der Waals surface area contributed by atoms with Gasteiger partial charge in [-0.3, -0.25) is 0 Å². The minimum Gasteiger partial charge on any atom is -0.492 e. The van der Waals surface area contributed by atoms with E-state index in [2.05, 4.69) is 5.32 Å². The van der Waals surface area contributed by atoms with Crippen molar-refractivity contribution in [1.82, 2.24) is 5.32 Å². The fraction of sp³-hybridized carbons (Fsp3) is 0.294. The molecule has 0 aliphatic heterocycles. The van der Waals surface area contributed by atoms with E-state index in [0.717, 1.165) is 16.9 Å². The quantitative estimate of drug-likeness (QED) is 0.771. The molecule has 0 aliphatic carbocycles. The second-order valence-electron chi connectivity index (χ2n) is 4.89. The van der Waals surface area contributed by atoms with E-state index in [1.165, 1.54) is 0 Å². The smallest absolute Gasteiger partial charge is 0.122 e. The molecule has 2 rings (SSSR count). The Morgan fingerprint density at radius 1 is 1.19 bits per heavy atom. The van der Waals surface area contributed by atoms with Crippen LogP contribution >= 0.6 is 11.6 Å². The van der Waals surface area contributed by atoms with Crippen LogP contribution in [0, 0.1) is 6.92 Å². The highest BCUT2D eigenvalue weighted by Crippen LogP contribution is 2.21. The van der Waals surface area contributed by atoms with Crippen molar-refractivity contribution in [2.75, 3.05) is 19.7 Å². The van der Waals surface area contributed by atoms with Crippen LogP contribution in [0.2, 0.25) is 5.02 Å². The molecule has 0 fully saturated rings. The maximum atomic E-state index is 9.99. The molecular weight excluding hydrogens is 286 g/mol. The van der Waals surface area contributed by atoms with Gasteiger partial charge in [0, 0.05) is 18.1 Å². The molecule has 0 bridgehead atoms. The van der Waals surface area contributed by atoms with Gasteiger partial charge >= 0.3 is 0 Å². The van der Waals surface area contributed by atoms with E-state index in [1.54, 1.807) is 0 Å². The largest absolute Gasteiger partial charge is 0.492 e. The Kier molecular flexibility index (Phi) is 6.05. The third-order valence-electron chi connectivity index (χ3n) is 3.20. The number of benzene rings is 2. The van der Waals surface area contributed by atoms with Gasteiger partial charge in [0.25, 0.3) is 0 Å². The molecule has 0 amide bonds. The van der Waals surface area contributed by atoms with Crippen molar-refractivity contribution in [3.63, 3.8) is 0 Å². The van der Waals surface area contributed by atoms with Gasteiger partial charge in [0.15, 0.2) is 0 Å². The van der Waals surface area contributed by atoms with Crippen molar-refractivity contribution in [3.05, 3.63) is 64.7 Å². The first kappa shape index (κ1) is 15.8. The first-order valence-corrected chi connectivity index (χ1v) is 7.37. The van der Waals surface area contributed by atoms with Crippen LogP contribution in [0.15, 0.2) is 48.5 Å². The second kappa shape index (κ2) is 8.03. The van der Waals surface area contributed by atoms with Gasteiger partial charge in [-0.05, 0) is 36.2 Å². The molecule has 0 heterocycles. The molecule has 2 N–H and O–H groups in total. The Morgan fingerprint density at radius 2 is 1.95 bits per heavy atom. The Balaban J connectivity index is 1.68. The maximum absolute atomic E-state index is 9.99. The molecule has 2 aromatic carbocycles. The average Bonchev–Trinajstić information content (AvgIpc) is 2.49. The number of aryl methyl sites for hydroxylation is 1. The highest BCUT2D eigenvalue weighted by molar-refractivity contribution is 6.30. The maximum Gasteiger partial charge on any atom is 0.122 e. The predicted molar refractivity (Wildman–Crippen MR) is 86.0 cm³/mol. The molecule has 0 radical (unpaired) electrons. The SMILES string of the molecule is Cc1cc(Cl)ccc1OCCNC[C@@H](O)c1ccccc1. The lowest BCUT2D eigenvalue weighted by molar-refractivity contribution is 0.172. The zero-order valence-corrected chi connectivity index (χ0v) is 12.8. The number of hydrogen-bond acceptors (Lipinski definition) is 3. The third kappa shape index (κ3) is 5.05. The number of halogens is 1. The molecule has 0 unspecified atom stereocenters. The molecule has 0 aromatic heterocycles. The zero-order valence-electron chi connectivity index (χ0n) is 12.1. The molecule has 0 spiro atoms. The van der Waals surface area contributed by atoms with E-state index in [0.29, 0.717) is 24.7 Å². The van der Waals surface area contributed by atoms with Crippen molar-refractivity contribution >= 4 is 11.6 Å². The third-order valence-corrected chi connectivity index (χ3v) is 3.43.